The largest absolute Gasteiger partial charge is 0.326 e. The lowest BCUT2D eigenvalue weighted by Crippen LogP contribution is -2.21. The average Bonchev–Trinajstić information content (AvgIpc) is 2.59. The van der Waals surface area contributed by atoms with Crippen molar-refractivity contribution in [3.05, 3.63) is 58.7 Å². The monoisotopic (exact) mass is 352 g/mol. The van der Waals surface area contributed by atoms with Crippen molar-refractivity contribution in [1.82, 2.24) is 0 Å². The molecule has 0 atom stereocenters. The van der Waals surface area contributed by atoms with Gasteiger partial charge < -0.3 is 10.6 Å². The molecule has 2 rings (SSSR count). The van der Waals surface area contributed by atoms with Gasteiger partial charge in [0, 0.05) is 22.9 Å². The first-order valence-electron chi connectivity index (χ1n) is 9.15. The van der Waals surface area contributed by atoms with Gasteiger partial charge in [0.05, 0.1) is 0 Å². The summed E-state index contributed by atoms with van der Waals surface area (Å²) in [4.78, 5) is 24.7. The Hall–Kier alpha value is -2.62. The molecule has 0 unspecified atom stereocenters. The maximum Gasteiger partial charge on any atom is 0.255 e. The number of amides is 2. The van der Waals surface area contributed by atoms with E-state index in [0.717, 1.165) is 29.7 Å². The number of rotatable bonds is 6. The quantitative estimate of drug-likeness (QED) is 0.747. The molecule has 0 heterocycles. The summed E-state index contributed by atoms with van der Waals surface area (Å²) in [5.74, 6) is -0.110. The molecule has 138 valence electrons. The first-order valence-corrected chi connectivity index (χ1v) is 9.15. The predicted octanol–water partition coefficient (Wildman–Crippen LogP) is 5.24. The van der Waals surface area contributed by atoms with Crippen molar-refractivity contribution >= 4 is 23.2 Å². The van der Waals surface area contributed by atoms with E-state index >= 15 is 0 Å². The predicted molar refractivity (Wildman–Crippen MR) is 108 cm³/mol. The number of hydrogen-bond donors (Lipinski definition) is 2. The second-order valence-corrected chi connectivity index (χ2v) is 6.81. The van der Waals surface area contributed by atoms with Crippen LogP contribution in [0.15, 0.2) is 36.4 Å². The molecule has 0 aromatic heterocycles. The summed E-state index contributed by atoms with van der Waals surface area (Å²) in [6, 6.07) is 11.1. The van der Waals surface area contributed by atoms with Crippen molar-refractivity contribution in [2.24, 2.45) is 5.92 Å². The van der Waals surface area contributed by atoms with Crippen molar-refractivity contribution in [2.75, 3.05) is 10.6 Å². The lowest BCUT2D eigenvalue weighted by atomic mass is 10.0. The van der Waals surface area contributed by atoms with Crippen molar-refractivity contribution in [3.63, 3.8) is 0 Å². The summed E-state index contributed by atoms with van der Waals surface area (Å²) < 4.78 is 0. The molecule has 0 aliphatic heterocycles. The van der Waals surface area contributed by atoms with E-state index in [1.54, 1.807) is 24.3 Å². The second-order valence-electron chi connectivity index (χ2n) is 6.81. The van der Waals surface area contributed by atoms with Crippen LogP contribution >= 0.6 is 0 Å². The Bertz CT molecular complexity index is 767. The maximum absolute atomic E-state index is 12.5. The van der Waals surface area contributed by atoms with Crippen LogP contribution in [-0.4, -0.2) is 11.8 Å². The zero-order valence-corrected chi connectivity index (χ0v) is 16.3. The van der Waals surface area contributed by atoms with Crippen LogP contribution in [0.4, 0.5) is 11.4 Å². The minimum absolute atomic E-state index is 0.0189. The van der Waals surface area contributed by atoms with E-state index in [2.05, 4.69) is 22.8 Å². The van der Waals surface area contributed by atoms with Crippen LogP contribution in [0.1, 0.15) is 53.7 Å². The van der Waals surface area contributed by atoms with Crippen LogP contribution in [0.25, 0.3) is 0 Å². The molecule has 0 aliphatic rings. The molecule has 4 heteroatoms. The normalized spacial score (nSPS) is 10.7. The number of hydrogen-bond acceptors (Lipinski definition) is 2. The summed E-state index contributed by atoms with van der Waals surface area (Å²) in [5, 5.41) is 5.91. The van der Waals surface area contributed by atoms with Crippen molar-refractivity contribution in [2.45, 2.75) is 47.5 Å². The minimum atomic E-state index is -0.155. The Balaban J connectivity index is 2.09. The lowest BCUT2D eigenvalue weighted by molar-refractivity contribution is -0.120. The highest BCUT2D eigenvalue weighted by atomic mass is 16.2. The number of carbonyl (C=O) groups is 2. The third-order valence-corrected chi connectivity index (χ3v) is 4.69. The highest BCUT2D eigenvalue weighted by Gasteiger charge is 2.15. The molecular weight excluding hydrogens is 324 g/mol. The molecule has 2 amide bonds. The smallest absolute Gasteiger partial charge is 0.255 e. The molecule has 0 bridgehead atoms. The molecule has 0 fully saturated rings. The molecule has 2 aromatic rings. The van der Waals surface area contributed by atoms with Gasteiger partial charge in [0.15, 0.2) is 0 Å². The molecule has 0 saturated heterocycles. The summed E-state index contributed by atoms with van der Waals surface area (Å²) in [6.07, 6.45) is 1.64. The molecule has 0 radical (unpaired) electrons. The number of nitrogens with one attached hydrogen (secondary N) is 2. The van der Waals surface area contributed by atoms with Crippen LogP contribution in [0.3, 0.4) is 0 Å². The molecule has 0 spiro atoms. The van der Waals surface area contributed by atoms with E-state index < -0.39 is 0 Å². The van der Waals surface area contributed by atoms with Gasteiger partial charge in [0.25, 0.3) is 5.91 Å². The van der Waals surface area contributed by atoms with E-state index in [0.29, 0.717) is 11.3 Å². The fraction of sp³-hybridized carbons (Fsp3) is 0.364. The standard InChI is InChI=1S/C22H28N2O2/c1-6-17(7-2)21(25)23-19-10-8-18(9-11-19)22(26)24-20-15(4)12-14(3)13-16(20)5/h8-13,17H,6-7H2,1-5H3,(H,23,25)(H,24,26). The molecule has 4 nitrogen and oxygen atoms in total. The van der Waals surface area contributed by atoms with Gasteiger partial charge >= 0.3 is 0 Å². The van der Waals surface area contributed by atoms with Gasteiger partial charge in [0.1, 0.15) is 0 Å². The second kappa shape index (κ2) is 8.65. The fourth-order valence-electron chi connectivity index (χ4n) is 3.17. The van der Waals surface area contributed by atoms with E-state index in [-0.39, 0.29) is 17.7 Å². The van der Waals surface area contributed by atoms with E-state index in [4.69, 9.17) is 0 Å². The lowest BCUT2D eigenvalue weighted by Gasteiger charge is -2.14. The Kier molecular flexibility index (Phi) is 6.56. The van der Waals surface area contributed by atoms with E-state index in [1.165, 1.54) is 5.56 Å². The van der Waals surface area contributed by atoms with Crippen LogP contribution in [0, 0.1) is 26.7 Å². The number of benzene rings is 2. The first-order chi connectivity index (χ1) is 12.3. The van der Waals surface area contributed by atoms with Crippen LogP contribution in [-0.2, 0) is 4.79 Å². The Morgan fingerprint density at radius 1 is 0.885 bits per heavy atom. The van der Waals surface area contributed by atoms with Gasteiger partial charge in [-0.15, -0.1) is 0 Å². The third-order valence-electron chi connectivity index (χ3n) is 4.69. The van der Waals surface area contributed by atoms with Gasteiger partial charge in [-0.05, 0) is 69.0 Å². The van der Waals surface area contributed by atoms with E-state index in [1.807, 2.05) is 34.6 Å². The molecule has 2 aromatic carbocycles. The SMILES string of the molecule is CCC(CC)C(=O)Nc1ccc(C(=O)Nc2c(C)cc(C)cc2C)cc1. The van der Waals surface area contributed by atoms with Crippen LogP contribution < -0.4 is 10.6 Å². The van der Waals surface area contributed by atoms with Gasteiger partial charge in [0.2, 0.25) is 5.91 Å². The molecular formula is C22H28N2O2. The average molecular weight is 352 g/mol. The Morgan fingerprint density at radius 3 is 1.92 bits per heavy atom. The summed E-state index contributed by atoms with van der Waals surface area (Å²) in [6.45, 7) is 10.0. The van der Waals surface area contributed by atoms with Gasteiger partial charge in [-0.1, -0.05) is 31.5 Å². The molecule has 0 aliphatic carbocycles. The number of aryl methyl sites for hydroxylation is 3. The third kappa shape index (κ3) is 4.72. The zero-order chi connectivity index (χ0) is 19.3. The molecule has 0 saturated carbocycles. The minimum Gasteiger partial charge on any atom is -0.326 e. The zero-order valence-electron chi connectivity index (χ0n) is 16.3. The van der Waals surface area contributed by atoms with Gasteiger partial charge in [-0.3, -0.25) is 9.59 Å². The maximum atomic E-state index is 12.5. The Morgan fingerprint density at radius 2 is 1.42 bits per heavy atom. The van der Waals surface area contributed by atoms with Crippen LogP contribution in [0.2, 0.25) is 0 Å². The van der Waals surface area contributed by atoms with Crippen LogP contribution in [0.5, 0.6) is 0 Å². The summed E-state index contributed by atoms with van der Waals surface area (Å²) in [5.41, 5.74) is 5.39. The number of anilines is 2. The first kappa shape index (κ1) is 19.7. The van der Waals surface area contributed by atoms with Crippen molar-refractivity contribution in [1.29, 1.82) is 0 Å². The topological polar surface area (TPSA) is 58.2 Å². The van der Waals surface area contributed by atoms with Crippen molar-refractivity contribution < 1.29 is 9.59 Å². The molecule has 2 N–H and O–H groups in total. The highest BCUT2D eigenvalue weighted by Crippen LogP contribution is 2.23. The summed E-state index contributed by atoms with van der Waals surface area (Å²) in [7, 11) is 0. The summed E-state index contributed by atoms with van der Waals surface area (Å²) >= 11 is 0. The Labute approximate surface area is 156 Å². The van der Waals surface area contributed by atoms with E-state index in [9.17, 15) is 9.59 Å². The van der Waals surface area contributed by atoms with Crippen molar-refractivity contribution in [3.8, 4) is 0 Å². The molecule has 26 heavy (non-hydrogen) atoms. The fourth-order valence-corrected chi connectivity index (χ4v) is 3.17. The van der Waals surface area contributed by atoms with Gasteiger partial charge in [-0.25, -0.2) is 0 Å². The van der Waals surface area contributed by atoms with Gasteiger partial charge in [-0.2, -0.15) is 0 Å². The highest BCUT2D eigenvalue weighted by molar-refractivity contribution is 6.05. The number of carbonyl (C=O) groups excluding carboxylic acids is 2.